The van der Waals surface area contributed by atoms with Crippen LogP contribution >= 0.6 is 0 Å². The van der Waals surface area contributed by atoms with Crippen molar-refractivity contribution in [3.05, 3.63) is 29.2 Å². The lowest BCUT2D eigenvalue weighted by molar-refractivity contribution is -0.143. The molecule has 6 heteroatoms. The molecule has 0 saturated heterocycles. The topological polar surface area (TPSA) is 80.9 Å². The van der Waals surface area contributed by atoms with E-state index in [0.717, 1.165) is 0 Å². The minimum Gasteiger partial charge on any atom is -0.493 e. The summed E-state index contributed by atoms with van der Waals surface area (Å²) in [4.78, 5) is 22.2. The van der Waals surface area contributed by atoms with Crippen LogP contribution in [0.2, 0.25) is 0 Å². The number of rotatable bonds is 4. The molecule has 18 heavy (non-hydrogen) atoms. The predicted octanol–water partition coefficient (Wildman–Crippen LogP) is 2.31. The van der Waals surface area contributed by atoms with Gasteiger partial charge in [-0.25, -0.2) is 0 Å². The number of para-hydroxylation sites is 1. The highest BCUT2D eigenvalue weighted by Gasteiger charge is 2.19. The number of aromatic nitrogens is 1. The van der Waals surface area contributed by atoms with Crippen LogP contribution < -0.4 is 0 Å². The van der Waals surface area contributed by atoms with Gasteiger partial charge < -0.3 is 9.84 Å². The van der Waals surface area contributed by atoms with Gasteiger partial charge in [0.05, 0.1) is 12.1 Å². The van der Waals surface area contributed by atoms with Crippen molar-refractivity contribution in [1.82, 2.24) is 4.57 Å². The second-order valence-electron chi connectivity index (χ2n) is 3.67. The van der Waals surface area contributed by atoms with Gasteiger partial charge in [-0.3, -0.25) is 9.36 Å². The summed E-state index contributed by atoms with van der Waals surface area (Å²) in [7, 11) is 0. The summed E-state index contributed by atoms with van der Waals surface area (Å²) in [5.74, 6) is -0.801. The first kappa shape index (κ1) is 12.1. The number of nitrogens with zero attached hydrogens (tertiary/aromatic N) is 2. The smallest absolute Gasteiger partial charge is 0.326 e. The molecule has 0 saturated carbocycles. The molecule has 2 rings (SSSR count). The van der Waals surface area contributed by atoms with Crippen molar-refractivity contribution in [2.75, 3.05) is 6.61 Å². The van der Waals surface area contributed by atoms with Crippen LogP contribution in [0.1, 0.15) is 6.92 Å². The summed E-state index contributed by atoms with van der Waals surface area (Å²) in [5.41, 5.74) is 0.507. The number of hydrogen-bond acceptors (Lipinski definition) is 5. The van der Waals surface area contributed by atoms with Crippen molar-refractivity contribution in [2.45, 2.75) is 13.5 Å². The van der Waals surface area contributed by atoms with E-state index in [-0.39, 0.29) is 24.7 Å². The van der Waals surface area contributed by atoms with E-state index in [0.29, 0.717) is 10.9 Å². The lowest BCUT2D eigenvalue weighted by atomic mass is 10.2. The number of aromatic hydroxyl groups is 1. The minimum atomic E-state index is -0.481. The van der Waals surface area contributed by atoms with Gasteiger partial charge in [-0.1, -0.05) is 18.2 Å². The normalized spacial score (nSPS) is 10.5. The van der Waals surface area contributed by atoms with Crippen LogP contribution in [0.5, 0.6) is 5.88 Å². The van der Waals surface area contributed by atoms with E-state index < -0.39 is 5.97 Å². The fourth-order valence-corrected chi connectivity index (χ4v) is 1.86. The second-order valence-corrected chi connectivity index (χ2v) is 3.67. The monoisotopic (exact) mass is 248 g/mol. The van der Waals surface area contributed by atoms with Crippen molar-refractivity contribution >= 4 is 22.6 Å². The molecule has 1 aromatic carbocycles. The van der Waals surface area contributed by atoms with Gasteiger partial charge in [0.25, 0.3) is 0 Å². The Hall–Kier alpha value is -2.37. The zero-order valence-electron chi connectivity index (χ0n) is 9.79. The number of esters is 1. The van der Waals surface area contributed by atoms with Crippen molar-refractivity contribution in [1.29, 1.82) is 0 Å². The number of carbonyl (C=O) groups is 1. The fourth-order valence-electron chi connectivity index (χ4n) is 1.86. The maximum Gasteiger partial charge on any atom is 0.326 e. The van der Waals surface area contributed by atoms with Crippen LogP contribution in [0, 0.1) is 4.91 Å². The van der Waals surface area contributed by atoms with Gasteiger partial charge in [0, 0.05) is 5.39 Å². The maximum absolute atomic E-state index is 11.4. The Kier molecular flexibility index (Phi) is 3.27. The summed E-state index contributed by atoms with van der Waals surface area (Å²) in [5, 5.41) is 13.2. The maximum atomic E-state index is 11.4. The predicted molar refractivity (Wildman–Crippen MR) is 65.7 cm³/mol. The van der Waals surface area contributed by atoms with Crippen LogP contribution in [-0.2, 0) is 16.1 Å². The van der Waals surface area contributed by atoms with Gasteiger partial charge in [-0.15, -0.1) is 4.91 Å². The van der Waals surface area contributed by atoms with E-state index in [1.54, 1.807) is 31.2 Å². The van der Waals surface area contributed by atoms with Crippen LogP contribution in [0.15, 0.2) is 29.4 Å². The zero-order valence-corrected chi connectivity index (χ0v) is 9.79. The number of benzene rings is 1. The van der Waals surface area contributed by atoms with Gasteiger partial charge in [-0.05, 0) is 18.2 Å². The molecule has 0 unspecified atom stereocenters. The first-order valence-electron chi connectivity index (χ1n) is 5.48. The van der Waals surface area contributed by atoms with Crippen LogP contribution in [0.4, 0.5) is 5.69 Å². The lowest BCUT2D eigenvalue weighted by Crippen LogP contribution is -2.12. The molecule has 0 amide bonds. The highest BCUT2D eigenvalue weighted by molar-refractivity contribution is 5.95. The van der Waals surface area contributed by atoms with Gasteiger partial charge >= 0.3 is 5.97 Å². The number of nitroso groups, excluding NO2 is 1. The highest BCUT2D eigenvalue weighted by Crippen LogP contribution is 2.38. The molecule has 1 N–H and O–H groups in total. The van der Waals surface area contributed by atoms with Crippen molar-refractivity contribution in [3.8, 4) is 5.88 Å². The average Bonchev–Trinajstić information content (AvgIpc) is 2.63. The lowest BCUT2D eigenvalue weighted by Gasteiger charge is -2.05. The molecule has 1 heterocycles. The molecule has 0 aliphatic rings. The summed E-state index contributed by atoms with van der Waals surface area (Å²) in [6.45, 7) is 1.80. The van der Waals surface area contributed by atoms with E-state index in [1.807, 2.05) is 0 Å². The zero-order chi connectivity index (χ0) is 13.1. The van der Waals surface area contributed by atoms with Crippen molar-refractivity contribution < 1.29 is 14.6 Å². The second kappa shape index (κ2) is 4.87. The third-order valence-corrected chi connectivity index (χ3v) is 2.60. The van der Waals surface area contributed by atoms with Gasteiger partial charge in [-0.2, -0.15) is 0 Å². The van der Waals surface area contributed by atoms with Crippen LogP contribution in [0.3, 0.4) is 0 Å². The molecule has 2 aromatic rings. The summed E-state index contributed by atoms with van der Waals surface area (Å²) < 4.78 is 6.12. The van der Waals surface area contributed by atoms with E-state index in [2.05, 4.69) is 5.18 Å². The molecular formula is C12H12N2O4. The molecule has 0 bridgehead atoms. The molecule has 94 valence electrons. The Morgan fingerprint density at radius 1 is 1.44 bits per heavy atom. The number of ether oxygens (including phenoxy) is 1. The van der Waals surface area contributed by atoms with Crippen LogP contribution in [0.25, 0.3) is 10.9 Å². The Bertz CT molecular complexity index is 603. The summed E-state index contributed by atoms with van der Waals surface area (Å²) in [6.07, 6.45) is 0. The van der Waals surface area contributed by atoms with Gasteiger partial charge in [0.1, 0.15) is 6.54 Å². The van der Waals surface area contributed by atoms with E-state index >= 15 is 0 Å². The first-order valence-corrected chi connectivity index (χ1v) is 5.48. The van der Waals surface area contributed by atoms with Gasteiger partial charge in [0.2, 0.25) is 5.88 Å². The Balaban J connectivity index is 2.53. The third kappa shape index (κ3) is 1.92. The van der Waals surface area contributed by atoms with E-state index in [1.165, 1.54) is 4.57 Å². The highest BCUT2D eigenvalue weighted by atomic mass is 16.5. The van der Waals surface area contributed by atoms with Crippen molar-refractivity contribution in [2.24, 2.45) is 5.18 Å². The SMILES string of the molecule is CCOC(=O)Cn1c(O)c(N=O)c2ccccc21. The standard InChI is InChI=1S/C12H12N2O4/c1-2-18-10(15)7-14-9-6-4-3-5-8(9)11(13-17)12(14)16/h3-6,16H,2,7H2,1H3. The molecule has 0 atom stereocenters. The molecular weight excluding hydrogens is 236 g/mol. The van der Waals surface area contributed by atoms with Crippen LogP contribution in [-0.4, -0.2) is 22.2 Å². The average molecular weight is 248 g/mol. The molecule has 6 nitrogen and oxygen atoms in total. The molecule has 0 aliphatic carbocycles. The first-order chi connectivity index (χ1) is 8.69. The quantitative estimate of drug-likeness (QED) is 0.665. The Morgan fingerprint density at radius 2 is 2.17 bits per heavy atom. The summed E-state index contributed by atoms with van der Waals surface area (Å²) >= 11 is 0. The molecule has 0 radical (unpaired) electrons. The molecule has 1 aromatic heterocycles. The number of hydrogen-bond donors (Lipinski definition) is 1. The van der Waals surface area contributed by atoms with E-state index in [9.17, 15) is 14.8 Å². The van der Waals surface area contributed by atoms with Crippen molar-refractivity contribution in [3.63, 3.8) is 0 Å². The van der Waals surface area contributed by atoms with Gasteiger partial charge in [0.15, 0.2) is 5.69 Å². The molecule has 0 fully saturated rings. The number of carbonyl (C=O) groups excluding carboxylic acids is 1. The third-order valence-electron chi connectivity index (χ3n) is 2.60. The molecule has 0 aliphatic heterocycles. The number of fused-ring (bicyclic) bond motifs is 1. The largest absolute Gasteiger partial charge is 0.493 e. The fraction of sp³-hybridized carbons (Fsp3) is 0.250. The Labute approximate surface area is 103 Å². The minimum absolute atomic E-state index is 0.0603. The summed E-state index contributed by atoms with van der Waals surface area (Å²) in [6, 6.07) is 6.83. The Morgan fingerprint density at radius 3 is 2.83 bits per heavy atom. The molecule has 0 spiro atoms. The van der Waals surface area contributed by atoms with E-state index in [4.69, 9.17) is 4.74 Å².